The smallest absolute Gasteiger partial charge is 0.259 e. The van der Waals surface area contributed by atoms with E-state index in [2.05, 4.69) is 10.3 Å². The largest absolute Gasteiger partial charge is 0.457 e. The first-order valence-electron chi connectivity index (χ1n) is 7.66. The molecule has 0 bridgehead atoms. The van der Waals surface area contributed by atoms with Gasteiger partial charge >= 0.3 is 0 Å². The van der Waals surface area contributed by atoms with E-state index in [1.807, 2.05) is 0 Å². The third-order valence-electron chi connectivity index (χ3n) is 3.89. The van der Waals surface area contributed by atoms with E-state index >= 15 is 0 Å². The molecule has 1 aromatic carbocycles. The normalized spacial score (nSPS) is 16.7. The minimum absolute atomic E-state index is 0.336. The third-order valence-corrected chi connectivity index (χ3v) is 4.44. The highest BCUT2D eigenvalue weighted by atomic mass is 35.5. The first-order valence-corrected chi connectivity index (χ1v) is 8.42. The van der Waals surface area contributed by atoms with Gasteiger partial charge in [-0.1, -0.05) is 23.2 Å². The number of halogens is 2. The molecule has 0 spiro atoms. The first kappa shape index (κ1) is 18.2. The molecular weight excluding hydrogens is 375 g/mol. The molecule has 0 fully saturated rings. The van der Waals surface area contributed by atoms with Gasteiger partial charge in [0.15, 0.2) is 0 Å². The summed E-state index contributed by atoms with van der Waals surface area (Å²) in [6.07, 6.45) is 3.00. The minimum Gasteiger partial charge on any atom is -0.457 e. The number of amides is 2. The summed E-state index contributed by atoms with van der Waals surface area (Å²) in [7, 11) is 1.56. The number of carbonyl (C=O) groups is 2. The fraction of sp³-hybridized carbons (Fsp3) is 0.105. The van der Waals surface area contributed by atoms with E-state index in [9.17, 15) is 9.59 Å². The number of carbonyl (C=O) groups excluding carboxylic acids is 2. The van der Waals surface area contributed by atoms with Gasteiger partial charge in [-0.3, -0.25) is 19.9 Å². The fourth-order valence-corrected chi connectivity index (χ4v) is 3.09. The average molecular weight is 389 g/mol. The molecule has 1 aliphatic rings. The Hall–Kier alpha value is -2.63. The summed E-state index contributed by atoms with van der Waals surface area (Å²) >= 11 is 12.1. The molecule has 0 unspecified atom stereocenters. The van der Waals surface area contributed by atoms with Crippen molar-refractivity contribution in [2.75, 3.05) is 7.05 Å². The molecule has 0 aliphatic carbocycles. The number of rotatable bonds is 3. The van der Waals surface area contributed by atoms with Crippen LogP contribution < -0.4 is 5.32 Å². The van der Waals surface area contributed by atoms with Crippen LogP contribution in [0.3, 0.4) is 0 Å². The van der Waals surface area contributed by atoms with Gasteiger partial charge in [-0.05, 0) is 48.9 Å². The predicted octanol–water partition coefficient (Wildman–Crippen LogP) is 4.31. The van der Waals surface area contributed by atoms with Gasteiger partial charge in [0, 0.05) is 29.4 Å². The molecule has 132 valence electrons. The van der Waals surface area contributed by atoms with Crippen molar-refractivity contribution in [3.05, 3.63) is 62.9 Å². The minimum atomic E-state index is -0.483. The van der Waals surface area contributed by atoms with E-state index < -0.39 is 11.8 Å². The van der Waals surface area contributed by atoms with Crippen LogP contribution in [0.2, 0.25) is 10.0 Å². The lowest BCUT2D eigenvalue weighted by atomic mass is 9.96. The van der Waals surface area contributed by atoms with Gasteiger partial charge in [-0.15, -0.1) is 0 Å². The second-order valence-electron chi connectivity index (χ2n) is 5.59. The van der Waals surface area contributed by atoms with E-state index in [1.54, 1.807) is 50.4 Å². The number of nitrogens with zero attached hydrogens (tertiary/aromatic N) is 1. The topological polar surface area (TPSA) is 71.7 Å². The summed E-state index contributed by atoms with van der Waals surface area (Å²) in [5.74, 6) is 0.0481. The number of nitrogens with one attached hydrogen (secondary N) is 1. The van der Waals surface area contributed by atoms with Crippen molar-refractivity contribution in [2.45, 2.75) is 6.92 Å². The highest BCUT2D eigenvalue weighted by Gasteiger charge is 2.26. The van der Waals surface area contributed by atoms with Crippen LogP contribution in [0.1, 0.15) is 12.7 Å². The Morgan fingerprint density at radius 3 is 2.58 bits per heavy atom. The zero-order chi connectivity index (χ0) is 18.8. The molecule has 3 rings (SSSR count). The van der Waals surface area contributed by atoms with Gasteiger partial charge in [0.05, 0.1) is 10.6 Å². The Kier molecular flexibility index (Phi) is 5.11. The molecule has 2 heterocycles. The molecule has 1 N–H and O–H groups in total. The van der Waals surface area contributed by atoms with Crippen molar-refractivity contribution >= 4 is 47.3 Å². The molecule has 2 amide bonds. The van der Waals surface area contributed by atoms with Crippen molar-refractivity contribution in [3.8, 4) is 11.3 Å². The number of hydrogen-bond donors (Lipinski definition) is 1. The summed E-state index contributed by atoms with van der Waals surface area (Å²) in [4.78, 5) is 27.9. The monoisotopic (exact) mass is 388 g/mol. The van der Waals surface area contributed by atoms with Gasteiger partial charge in [0.25, 0.3) is 11.8 Å². The molecule has 2 aromatic rings. The van der Waals surface area contributed by atoms with Crippen molar-refractivity contribution < 1.29 is 14.0 Å². The van der Waals surface area contributed by atoms with Crippen molar-refractivity contribution in [1.82, 2.24) is 5.32 Å². The third kappa shape index (κ3) is 3.49. The maximum Gasteiger partial charge on any atom is 0.259 e. The summed E-state index contributed by atoms with van der Waals surface area (Å²) in [6, 6.07) is 8.57. The molecule has 0 saturated carbocycles. The van der Waals surface area contributed by atoms with Crippen LogP contribution in [0.5, 0.6) is 0 Å². The second-order valence-corrected chi connectivity index (χ2v) is 6.44. The Morgan fingerprint density at radius 1 is 1.12 bits per heavy atom. The summed E-state index contributed by atoms with van der Waals surface area (Å²) < 4.78 is 5.79. The predicted molar refractivity (Wildman–Crippen MR) is 102 cm³/mol. The highest BCUT2D eigenvalue weighted by Crippen LogP contribution is 2.32. The lowest BCUT2D eigenvalue weighted by molar-refractivity contribution is -0.126. The second kappa shape index (κ2) is 7.32. The molecule has 1 aliphatic heterocycles. The van der Waals surface area contributed by atoms with Gasteiger partial charge in [-0.2, -0.15) is 0 Å². The molecule has 0 saturated heterocycles. The Labute approximate surface area is 160 Å². The summed E-state index contributed by atoms with van der Waals surface area (Å²) in [6.45, 7) is 1.69. The Bertz CT molecular complexity index is 1000. The number of hydrogen-bond acceptors (Lipinski definition) is 4. The van der Waals surface area contributed by atoms with E-state index in [0.29, 0.717) is 43.8 Å². The molecular formula is C19H14Cl2N2O3. The number of benzene rings is 1. The van der Waals surface area contributed by atoms with E-state index in [-0.39, 0.29) is 0 Å². The molecule has 0 atom stereocenters. The highest BCUT2D eigenvalue weighted by molar-refractivity contribution is 6.36. The Morgan fingerprint density at radius 2 is 1.88 bits per heavy atom. The van der Waals surface area contributed by atoms with Crippen LogP contribution in [0, 0.1) is 0 Å². The van der Waals surface area contributed by atoms with Gasteiger partial charge in [0.2, 0.25) is 0 Å². The molecule has 7 heteroatoms. The van der Waals surface area contributed by atoms with Crippen molar-refractivity contribution in [2.24, 2.45) is 4.99 Å². The quantitative estimate of drug-likeness (QED) is 0.483. The molecule has 1 aromatic heterocycles. The van der Waals surface area contributed by atoms with E-state index in [4.69, 9.17) is 27.6 Å². The van der Waals surface area contributed by atoms with Crippen LogP contribution in [0.4, 0.5) is 0 Å². The molecule has 5 nitrogen and oxygen atoms in total. The maximum absolute atomic E-state index is 12.2. The maximum atomic E-state index is 12.2. The lowest BCUT2D eigenvalue weighted by Gasteiger charge is -2.17. The SMILES string of the molecule is CN=CC1=C(C)/C(=C/c2ccc(-c3ccc(Cl)cc3Cl)o2)C(=O)NC1=O. The number of furan rings is 1. The van der Waals surface area contributed by atoms with Gasteiger partial charge in [0.1, 0.15) is 11.5 Å². The molecule has 0 radical (unpaired) electrons. The lowest BCUT2D eigenvalue weighted by Crippen LogP contribution is -2.38. The van der Waals surface area contributed by atoms with Crippen LogP contribution in [-0.4, -0.2) is 25.1 Å². The first-order chi connectivity index (χ1) is 12.4. The van der Waals surface area contributed by atoms with Crippen LogP contribution >= 0.6 is 23.2 Å². The Balaban J connectivity index is 2.01. The van der Waals surface area contributed by atoms with Crippen LogP contribution in [0.25, 0.3) is 17.4 Å². The van der Waals surface area contributed by atoms with Gasteiger partial charge in [-0.25, -0.2) is 0 Å². The average Bonchev–Trinajstić information content (AvgIpc) is 3.04. The van der Waals surface area contributed by atoms with Crippen LogP contribution in [0.15, 0.2) is 56.5 Å². The standard InChI is InChI=1S/C19H14Cl2N2O3/c1-10-14(18(24)23-19(25)15(10)9-22-2)8-12-4-6-17(26-12)13-5-3-11(20)7-16(13)21/h3-9H,1-2H3,(H,23,24,25)/b14-8-,22-9?. The van der Waals surface area contributed by atoms with E-state index in [0.717, 1.165) is 0 Å². The van der Waals surface area contributed by atoms with Crippen LogP contribution in [-0.2, 0) is 9.59 Å². The van der Waals surface area contributed by atoms with Gasteiger partial charge < -0.3 is 4.42 Å². The zero-order valence-corrected chi connectivity index (χ0v) is 15.5. The number of aliphatic imine (C=N–C) groups is 1. The number of imide groups is 1. The zero-order valence-electron chi connectivity index (χ0n) is 14.0. The van der Waals surface area contributed by atoms with E-state index in [1.165, 1.54) is 6.21 Å². The van der Waals surface area contributed by atoms with Crippen molar-refractivity contribution in [1.29, 1.82) is 0 Å². The summed E-state index contributed by atoms with van der Waals surface area (Å²) in [5.41, 5.74) is 1.90. The summed E-state index contributed by atoms with van der Waals surface area (Å²) in [5, 5.41) is 3.29. The van der Waals surface area contributed by atoms with Crippen molar-refractivity contribution in [3.63, 3.8) is 0 Å². The fourth-order valence-electron chi connectivity index (χ4n) is 2.59. The molecule has 26 heavy (non-hydrogen) atoms.